The molecule has 0 bridgehead atoms. The lowest BCUT2D eigenvalue weighted by Crippen LogP contribution is -2.56. The number of pyridine rings is 1. The molecule has 26 heavy (non-hydrogen) atoms. The second-order valence-corrected chi connectivity index (χ2v) is 7.65. The van der Waals surface area contributed by atoms with Crippen molar-refractivity contribution < 1.29 is 9.59 Å². The van der Waals surface area contributed by atoms with Gasteiger partial charge in [0.2, 0.25) is 11.8 Å². The molecular formula is C19H27ClN4O2. The maximum atomic E-state index is 12.6. The quantitative estimate of drug-likeness (QED) is 0.826. The first-order chi connectivity index (χ1) is 12.5. The fraction of sp³-hybridized carbons (Fsp3) is 0.632. The summed E-state index contributed by atoms with van der Waals surface area (Å²) < 4.78 is 0. The molecule has 2 heterocycles. The molecule has 7 heteroatoms. The molecule has 2 fully saturated rings. The minimum Gasteiger partial charge on any atom is -0.343 e. The van der Waals surface area contributed by atoms with Crippen molar-refractivity contribution in [1.82, 2.24) is 14.8 Å². The standard InChI is InChI=1S/C19H27ClN4O2/c1-3-24(4-2)19(26)15-9-13-7-8-23(11-16(13)15)12-18(25)22-17-6-5-14(20)10-21-17/h5-6,10,13,15-16H,3-4,7-9,11-12H2,1-2H3,(H,21,22,25)/t13-,15-,16-/m1/s1. The molecule has 1 saturated carbocycles. The van der Waals surface area contributed by atoms with E-state index in [-0.39, 0.29) is 17.7 Å². The normalized spacial score (nSPS) is 25.1. The van der Waals surface area contributed by atoms with E-state index in [4.69, 9.17) is 11.6 Å². The van der Waals surface area contributed by atoms with Crippen LogP contribution < -0.4 is 5.32 Å². The smallest absolute Gasteiger partial charge is 0.239 e. The Bertz CT molecular complexity index is 647. The second kappa shape index (κ2) is 8.35. The third kappa shape index (κ3) is 4.18. The zero-order valence-electron chi connectivity index (χ0n) is 15.4. The summed E-state index contributed by atoms with van der Waals surface area (Å²) in [5, 5.41) is 3.35. The van der Waals surface area contributed by atoms with Gasteiger partial charge in [-0.15, -0.1) is 0 Å². The molecule has 1 N–H and O–H groups in total. The van der Waals surface area contributed by atoms with Gasteiger partial charge >= 0.3 is 0 Å². The van der Waals surface area contributed by atoms with Crippen LogP contribution in [0.15, 0.2) is 18.3 Å². The van der Waals surface area contributed by atoms with Crippen LogP contribution in [0.5, 0.6) is 0 Å². The average Bonchev–Trinajstić information content (AvgIpc) is 2.60. The fourth-order valence-corrected chi connectivity index (χ4v) is 4.30. The number of carbonyl (C=O) groups excluding carboxylic acids is 2. The Balaban J connectivity index is 1.52. The number of hydrogen-bond donors (Lipinski definition) is 1. The number of nitrogens with zero attached hydrogens (tertiary/aromatic N) is 3. The Morgan fingerprint density at radius 2 is 2.12 bits per heavy atom. The lowest BCUT2D eigenvalue weighted by Gasteiger charge is -2.51. The van der Waals surface area contributed by atoms with E-state index < -0.39 is 0 Å². The number of amides is 2. The SMILES string of the molecule is CCN(CC)C(=O)[C@@H]1C[C@H]2CCN(CC(=O)Nc3ccc(Cl)cn3)C[C@H]21. The molecule has 1 aromatic rings. The molecule has 142 valence electrons. The van der Waals surface area contributed by atoms with Crippen LogP contribution in [0.2, 0.25) is 5.02 Å². The lowest BCUT2D eigenvalue weighted by molar-refractivity contribution is -0.147. The van der Waals surface area contributed by atoms with Crippen LogP contribution >= 0.6 is 11.6 Å². The molecule has 6 nitrogen and oxygen atoms in total. The molecule has 1 saturated heterocycles. The summed E-state index contributed by atoms with van der Waals surface area (Å²) >= 11 is 5.81. The van der Waals surface area contributed by atoms with Crippen LogP contribution in [0.25, 0.3) is 0 Å². The van der Waals surface area contributed by atoms with Crippen molar-refractivity contribution in [2.45, 2.75) is 26.7 Å². The second-order valence-electron chi connectivity index (χ2n) is 7.21. The lowest BCUT2D eigenvalue weighted by atomic mass is 9.61. The maximum Gasteiger partial charge on any atom is 0.239 e. The van der Waals surface area contributed by atoms with Gasteiger partial charge in [-0.1, -0.05) is 11.6 Å². The summed E-state index contributed by atoms with van der Waals surface area (Å²) in [5.74, 6) is 1.86. The summed E-state index contributed by atoms with van der Waals surface area (Å²) in [6.07, 6.45) is 3.59. The van der Waals surface area contributed by atoms with Crippen molar-refractivity contribution in [3.63, 3.8) is 0 Å². The maximum absolute atomic E-state index is 12.6. The first kappa shape index (κ1) is 19.1. The summed E-state index contributed by atoms with van der Waals surface area (Å²) in [5.41, 5.74) is 0. The molecule has 0 unspecified atom stereocenters. The molecule has 0 aromatic carbocycles. The first-order valence-corrected chi connectivity index (χ1v) is 9.82. The number of aromatic nitrogens is 1. The first-order valence-electron chi connectivity index (χ1n) is 9.44. The molecule has 1 aromatic heterocycles. The van der Waals surface area contributed by atoms with Crippen LogP contribution in [0.1, 0.15) is 26.7 Å². The zero-order chi connectivity index (χ0) is 18.7. The van der Waals surface area contributed by atoms with Crippen molar-refractivity contribution in [1.29, 1.82) is 0 Å². The third-order valence-corrected chi connectivity index (χ3v) is 5.94. The number of fused-ring (bicyclic) bond motifs is 1. The Kier molecular flexibility index (Phi) is 6.14. The third-order valence-electron chi connectivity index (χ3n) is 5.72. The van der Waals surface area contributed by atoms with Crippen molar-refractivity contribution in [2.75, 3.05) is 38.0 Å². The van der Waals surface area contributed by atoms with Gasteiger partial charge in [0.25, 0.3) is 0 Å². The van der Waals surface area contributed by atoms with Crippen molar-refractivity contribution >= 4 is 29.2 Å². The average molecular weight is 379 g/mol. The molecule has 2 aliphatic rings. The van der Waals surface area contributed by atoms with Gasteiger partial charge in [0, 0.05) is 31.7 Å². The van der Waals surface area contributed by atoms with Crippen molar-refractivity contribution in [3.8, 4) is 0 Å². The largest absolute Gasteiger partial charge is 0.343 e. The molecular weight excluding hydrogens is 352 g/mol. The number of piperidine rings is 1. The van der Waals surface area contributed by atoms with E-state index in [0.29, 0.717) is 29.2 Å². The van der Waals surface area contributed by atoms with E-state index >= 15 is 0 Å². The minimum atomic E-state index is -0.0794. The van der Waals surface area contributed by atoms with Gasteiger partial charge in [-0.25, -0.2) is 4.98 Å². The Hall–Kier alpha value is -1.66. The van der Waals surface area contributed by atoms with Gasteiger partial charge in [-0.3, -0.25) is 14.5 Å². The number of halogens is 1. The molecule has 0 radical (unpaired) electrons. The van der Waals surface area contributed by atoms with E-state index in [9.17, 15) is 9.59 Å². The van der Waals surface area contributed by atoms with E-state index in [1.807, 2.05) is 18.7 Å². The van der Waals surface area contributed by atoms with Crippen LogP contribution in [0, 0.1) is 17.8 Å². The number of likely N-dealkylation sites (tertiary alicyclic amines) is 1. The van der Waals surface area contributed by atoms with Crippen LogP contribution in [0.3, 0.4) is 0 Å². The van der Waals surface area contributed by atoms with E-state index in [1.165, 1.54) is 6.20 Å². The van der Waals surface area contributed by atoms with Crippen LogP contribution in [-0.2, 0) is 9.59 Å². The predicted octanol–water partition coefficient (Wildman–Crippen LogP) is 2.50. The zero-order valence-corrected chi connectivity index (χ0v) is 16.2. The van der Waals surface area contributed by atoms with Gasteiger partial charge in [-0.2, -0.15) is 0 Å². The topological polar surface area (TPSA) is 65.5 Å². The number of nitrogens with one attached hydrogen (secondary N) is 1. The highest BCUT2D eigenvalue weighted by Crippen LogP contribution is 2.46. The number of hydrogen-bond acceptors (Lipinski definition) is 4. The Labute approximate surface area is 159 Å². The minimum absolute atomic E-state index is 0.0794. The summed E-state index contributed by atoms with van der Waals surface area (Å²) in [4.78, 5) is 33.1. The Morgan fingerprint density at radius 3 is 2.77 bits per heavy atom. The van der Waals surface area contributed by atoms with Gasteiger partial charge in [-0.05, 0) is 57.2 Å². The number of rotatable bonds is 6. The molecule has 3 rings (SSSR count). The highest BCUT2D eigenvalue weighted by molar-refractivity contribution is 6.30. The highest BCUT2D eigenvalue weighted by atomic mass is 35.5. The fourth-order valence-electron chi connectivity index (χ4n) is 4.19. The highest BCUT2D eigenvalue weighted by Gasteiger charge is 2.48. The monoisotopic (exact) mass is 378 g/mol. The van der Waals surface area contributed by atoms with Gasteiger partial charge in [0.15, 0.2) is 0 Å². The van der Waals surface area contributed by atoms with Crippen molar-refractivity contribution in [3.05, 3.63) is 23.4 Å². The molecule has 0 spiro atoms. The van der Waals surface area contributed by atoms with E-state index in [0.717, 1.165) is 39.0 Å². The van der Waals surface area contributed by atoms with Gasteiger partial charge in [0.1, 0.15) is 5.82 Å². The van der Waals surface area contributed by atoms with Crippen LogP contribution in [-0.4, -0.2) is 59.3 Å². The summed E-state index contributed by atoms with van der Waals surface area (Å²) in [6.45, 7) is 7.66. The molecule has 2 amide bonds. The van der Waals surface area contributed by atoms with Crippen molar-refractivity contribution in [2.24, 2.45) is 17.8 Å². The molecule has 3 atom stereocenters. The number of carbonyl (C=O) groups is 2. The molecule has 1 aliphatic carbocycles. The molecule has 1 aliphatic heterocycles. The van der Waals surface area contributed by atoms with Gasteiger partial charge in [0.05, 0.1) is 11.6 Å². The Morgan fingerprint density at radius 1 is 1.35 bits per heavy atom. The predicted molar refractivity (Wildman–Crippen MR) is 102 cm³/mol. The van der Waals surface area contributed by atoms with E-state index in [1.54, 1.807) is 12.1 Å². The summed E-state index contributed by atoms with van der Waals surface area (Å²) in [7, 11) is 0. The van der Waals surface area contributed by atoms with Crippen LogP contribution in [0.4, 0.5) is 5.82 Å². The van der Waals surface area contributed by atoms with Gasteiger partial charge < -0.3 is 10.2 Å². The number of anilines is 1. The summed E-state index contributed by atoms with van der Waals surface area (Å²) in [6, 6.07) is 3.39. The van der Waals surface area contributed by atoms with E-state index in [2.05, 4.69) is 15.2 Å².